The van der Waals surface area contributed by atoms with E-state index in [1.807, 2.05) is 63.2 Å². The molecule has 0 atom stereocenters. The molecule has 0 unspecified atom stereocenters. The third-order valence-electron chi connectivity index (χ3n) is 5.34. The number of amides is 1. The molecule has 0 aliphatic rings. The number of rotatable bonds is 9. The van der Waals surface area contributed by atoms with E-state index in [1.54, 1.807) is 24.0 Å². The van der Waals surface area contributed by atoms with E-state index in [0.717, 1.165) is 28.1 Å². The summed E-state index contributed by atoms with van der Waals surface area (Å²) in [5, 5.41) is 0. The summed E-state index contributed by atoms with van der Waals surface area (Å²) in [7, 11) is 0. The van der Waals surface area contributed by atoms with Crippen molar-refractivity contribution in [2.75, 3.05) is 13.2 Å². The number of aromatic nitrogens is 1. The van der Waals surface area contributed by atoms with Crippen LogP contribution in [0.1, 0.15) is 57.1 Å². The van der Waals surface area contributed by atoms with Crippen LogP contribution in [0.15, 0.2) is 54.6 Å². The molecular formula is C26H30N2O4. The minimum absolute atomic E-state index is 0.0883. The highest BCUT2D eigenvalue weighted by Gasteiger charge is 2.23. The summed E-state index contributed by atoms with van der Waals surface area (Å²) >= 11 is 0. The first-order chi connectivity index (χ1) is 15.4. The third-order valence-corrected chi connectivity index (χ3v) is 5.34. The summed E-state index contributed by atoms with van der Waals surface area (Å²) < 4.78 is 10.7. The van der Waals surface area contributed by atoms with Crippen molar-refractivity contribution in [2.45, 2.75) is 40.8 Å². The second kappa shape index (κ2) is 10.7. The number of hydrogen-bond acceptors (Lipinski definition) is 4. The molecule has 168 valence electrons. The Balaban J connectivity index is 1.91. The predicted octanol–water partition coefficient (Wildman–Crippen LogP) is 5.05. The second-order valence-corrected chi connectivity index (χ2v) is 7.55. The fraction of sp³-hybridized carbons (Fsp3) is 0.308. The Morgan fingerprint density at radius 2 is 1.59 bits per heavy atom. The molecular weight excluding hydrogens is 404 g/mol. The Hall–Kier alpha value is -3.54. The van der Waals surface area contributed by atoms with Crippen LogP contribution in [-0.2, 0) is 17.8 Å². The highest BCUT2D eigenvalue weighted by molar-refractivity contribution is 5.94. The van der Waals surface area contributed by atoms with Crippen molar-refractivity contribution in [2.24, 2.45) is 0 Å². The molecule has 0 aliphatic carbocycles. The molecule has 0 fully saturated rings. The monoisotopic (exact) mass is 434 g/mol. The summed E-state index contributed by atoms with van der Waals surface area (Å²) in [6, 6.07) is 17.1. The van der Waals surface area contributed by atoms with Gasteiger partial charge in [-0.1, -0.05) is 30.3 Å². The van der Waals surface area contributed by atoms with Crippen molar-refractivity contribution < 1.29 is 19.1 Å². The van der Waals surface area contributed by atoms with Crippen LogP contribution < -0.4 is 4.74 Å². The zero-order chi connectivity index (χ0) is 23.1. The van der Waals surface area contributed by atoms with Crippen LogP contribution in [0.3, 0.4) is 0 Å². The maximum absolute atomic E-state index is 13.5. The van der Waals surface area contributed by atoms with Crippen LogP contribution in [0.25, 0.3) is 0 Å². The zero-order valence-corrected chi connectivity index (χ0v) is 19.1. The quantitative estimate of drug-likeness (QED) is 0.479. The van der Waals surface area contributed by atoms with E-state index in [-0.39, 0.29) is 11.9 Å². The van der Waals surface area contributed by atoms with Crippen molar-refractivity contribution in [1.82, 2.24) is 9.88 Å². The van der Waals surface area contributed by atoms with E-state index < -0.39 is 0 Å². The van der Waals surface area contributed by atoms with Gasteiger partial charge in [-0.2, -0.15) is 0 Å². The number of nitrogens with zero attached hydrogens (tertiary/aromatic N) is 1. The molecule has 1 heterocycles. The summed E-state index contributed by atoms with van der Waals surface area (Å²) in [6.07, 6.45) is 0. The van der Waals surface area contributed by atoms with Crippen molar-refractivity contribution in [3.63, 3.8) is 0 Å². The average Bonchev–Trinajstić information content (AvgIpc) is 3.08. The lowest BCUT2D eigenvalue weighted by molar-refractivity contribution is 0.0519. The van der Waals surface area contributed by atoms with E-state index in [2.05, 4.69) is 4.98 Å². The Bertz CT molecular complexity index is 1060. The number of benzene rings is 2. The lowest BCUT2D eigenvalue weighted by Gasteiger charge is -2.24. The van der Waals surface area contributed by atoms with Crippen molar-refractivity contribution >= 4 is 11.9 Å². The molecule has 2 aromatic carbocycles. The molecule has 6 nitrogen and oxygen atoms in total. The van der Waals surface area contributed by atoms with E-state index >= 15 is 0 Å². The van der Waals surface area contributed by atoms with Gasteiger partial charge in [-0.25, -0.2) is 4.79 Å². The number of esters is 1. The molecule has 1 aromatic heterocycles. The van der Waals surface area contributed by atoms with Crippen molar-refractivity contribution in [3.05, 3.63) is 88.2 Å². The molecule has 0 bridgehead atoms. The molecule has 6 heteroatoms. The largest absolute Gasteiger partial charge is 0.494 e. The van der Waals surface area contributed by atoms with Gasteiger partial charge in [-0.3, -0.25) is 4.79 Å². The molecule has 3 rings (SSSR count). The molecule has 1 amide bonds. The normalized spacial score (nSPS) is 10.6. The van der Waals surface area contributed by atoms with Gasteiger partial charge in [0.1, 0.15) is 11.4 Å². The lowest BCUT2D eigenvalue weighted by atomic mass is 10.1. The number of hydrogen-bond donors (Lipinski definition) is 1. The van der Waals surface area contributed by atoms with Gasteiger partial charge in [0, 0.05) is 24.3 Å². The van der Waals surface area contributed by atoms with E-state index in [9.17, 15) is 9.59 Å². The van der Waals surface area contributed by atoms with Crippen molar-refractivity contribution in [3.8, 4) is 5.75 Å². The van der Waals surface area contributed by atoms with Gasteiger partial charge in [0.25, 0.3) is 5.91 Å². The summed E-state index contributed by atoms with van der Waals surface area (Å²) in [5.41, 5.74) is 4.63. The van der Waals surface area contributed by atoms with Gasteiger partial charge in [-0.05, 0) is 68.7 Å². The lowest BCUT2D eigenvalue weighted by Crippen LogP contribution is -2.30. The number of carbonyl (C=O) groups is 2. The van der Waals surface area contributed by atoms with Crippen LogP contribution in [-0.4, -0.2) is 35.0 Å². The number of ether oxygens (including phenoxy) is 2. The van der Waals surface area contributed by atoms with Crippen LogP contribution in [0.4, 0.5) is 0 Å². The average molecular weight is 435 g/mol. The fourth-order valence-corrected chi connectivity index (χ4v) is 3.67. The standard InChI is InChI=1S/C26H30N2O4/c1-5-31-22-14-12-21(13-15-22)25(29)28(16-20-10-8-7-9-11-20)17-23-18(3)24(27-19(23)4)26(30)32-6-2/h7-15,27H,5-6,16-17H2,1-4H3. The van der Waals surface area contributed by atoms with E-state index in [0.29, 0.717) is 37.6 Å². The van der Waals surface area contributed by atoms with Crippen LogP contribution in [0.5, 0.6) is 5.75 Å². The maximum Gasteiger partial charge on any atom is 0.355 e. The molecule has 3 aromatic rings. The first kappa shape index (κ1) is 23.1. The smallest absolute Gasteiger partial charge is 0.355 e. The Labute approximate surface area is 189 Å². The fourth-order valence-electron chi connectivity index (χ4n) is 3.67. The highest BCUT2D eigenvalue weighted by Crippen LogP contribution is 2.23. The molecule has 1 N–H and O–H groups in total. The minimum Gasteiger partial charge on any atom is -0.494 e. The van der Waals surface area contributed by atoms with Crippen LogP contribution in [0.2, 0.25) is 0 Å². The van der Waals surface area contributed by atoms with Gasteiger partial charge in [-0.15, -0.1) is 0 Å². The summed E-state index contributed by atoms with van der Waals surface area (Å²) in [4.78, 5) is 30.7. The SMILES string of the molecule is CCOC(=O)c1[nH]c(C)c(CN(Cc2ccccc2)C(=O)c2ccc(OCC)cc2)c1C. The summed E-state index contributed by atoms with van der Waals surface area (Å²) in [6.45, 7) is 9.19. The Morgan fingerprint density at radius 1 is 0.906 bits per heavy atom. The van der Waals surface area contributed by atoms with Crippen LogP contribution in [0, 0.1) is 13.8 Å². The van der Waals surface area contributed by atoms with Gasteiger partial charge in [0.15, 0.2) is 0 Å². The molecule has 0 radical (unpaired) electrons. The first-order valence-corrected chi connectivity index (χ1v) is 10.9. The zero-order valence-electron chi connectivity index (χ0n) is 19.1. The van der Waals surface area contributed by atoms with E-state index in [1.165, 1.54) is 0 Å². The number of nitrogens with one attached hydrogen (secondary N) is 1. The molecule has 0 saturated carbocycles. The number of H-pyrrole nitrogens is 1. The number of aromatic amines is 1. The van der Waals surface area contributed by atoms with Gasteiger partial charge in [0.2, 0.25) is 0 Å². The number of carbonyl (C=O) groups excluding carboxylic acids is 2. The van der Waals surface area contributed by atoms with E-state index in [4.69, 9.17) is 9.47 Å². The highest BCUT2D eigenvalue weighted by atomic mass is 16.5. The second-order valence-electron chi connectivity index (χ2n) is 7.55. The van der Waals surface area contributed by atoms with Gasteiger partial charge in [0.05, 0.1) is 13.2 Å². The van der Waals surface area contributed by atoms with Crippen LogP contribution >= 0.6 is 0 Å². The topological polar surface area (TPSA) is 71.6 Å². The Morgan fingerprint density at radius 3 is 2.22 bits per heavy atom. The minimum atomic E-state index is -0.383. The first-order valence-electron chi connectivity index (χ1n) is 10.9. The van der Waals surface area contributed by atoms with Gasteiger partial charge >= 0.3 is 5.97 Å². The summed E-state index contributed by atoms with van der Waals surface area (Å²) in [5.74, 6) is 0.261. The van der Waals surface area contributed by atoms with Crippen molar-refractivity contribution in [1.29, 1.82) is 0 Å². The Kier molecular flexibility index (Phi) is 7.71. The molecule has 0 spiro atoms. The molecule has 32 heavy (non-hydrogen) atoms. The third kappa shape index (κ3) is 5.38. The van der Waals surface area contributed by atoms with Gasteiger partial charge < -0.3 is 19.4 Å². The molecule has 0 saturated heterocycles. The molecule has 0 aliphatic heterocycles. The number of aryl methyl sites for hydroxylation is 1. The predicted molar refractivity (Wildman–Crippen MR) is 124 cm³/mol. The maximum atomic E-state index is 13.5.